The third-order valence-electron chi connectivity index (χ3n) is 2.79. The lowest BCUT2D eigenvalue weighted by atomic mass is 10.1. The van der Waals surface area contributed by atoms with Crippen molar-refractivity contribution in [1.29, 1.82) is 0 Å². The number of amides is 1. The zero-order valence-electron chi connectivity index (χ0n) is 11.9. The second-order valence-electron chi connectivity index (χ2n) is 4.48. The van der Waals surface area contributed by atoms with Gasteiger partial charge in [-0.2, -0.15) is 0 Å². The van der Waals surface area contributed by atoms with Crippen molar-refractivity contribution < 1.29 is 24.2 Å². The van der Waals surface area contributed by atoms with Crippen LogP contribution in [0.15, 0.2) is 10.9 Å². The minimum atomic E-state index is -1.47. The first kappa shape index (κ1) is 16.4. The number of esters is 1. The molecule has 1 aromatic heterocycles. The second-order valence-corrected chi connectivity index (χ2v) is 4.48. The van der Waals surface area contributed by atoms with E-state index in [2.05, 4.69) is 15.0 Å². The maximum absolute atomic E-state index is 12.0. The molecule has 0 fully saturated rings. The highest BCUT2D eigenvalue weighted by atomic mass is 16.5. The van der Waals surface area contributed by atoms with E-state index >= 15 is 0 Å². The summed E-state index contributed by atoms with van der Waals surface area (Å²) in [6.45, 7) is 3.22. The smallest absolute Gasteiger partial charge is 0.326 e. The van der Waals surface area contributed by atoms with Gasteiger partial charge in [0.05, 0.1) is 13.5 Å². The summed E-state index contributed by atoms with van der Waals surface area (Å²) in [7, 11) is 1.11. The number of H-pyrrole nitrogens is 1. The molecular weight excluding hydrogens is 280 g/mol. The van der Waals surface area contributed by atoms with Crippen LogP contribution in [0.25, 0.3) is 0 Å². The first-order valence-corrected chi connectivity index (χ1v) is 6.07. The number of carboxylic acids is 1. The van der Waals surface area contributed by atoms with E-state index in [1.807, 2.05) is 0 Å². The fourth-order valence-corrected chi connectivity index (χ4v) is 1.82. The standard InChI is InChI=1S/C13H16N2O6/c1-6-4-7(2)14-11(17)10(6)12(18)15-8(13(19)20)5-9(16)21-3/h4,8H,5H2,1-3H3,(H,14,17)(H,15,18)(H,19,20)/t8-/m0/s1. The van der Waals surface area contributed by atoms with Crippen LogP contribution < -0.4 is 10.9 Å². The molecule has 0 aliphatic heterocycles. The SMILES string of the molecule is COC(=O)C[C@H](NC(=O)c1c(C)cc(C)[nH]c1=O)C(=O)O. The van der Waals surface area contributed by atoms with Crippen molar-refractivity contribution in [1.82, 2.24) is 10.3 Å². The molecule has 1 aromatic rings. The van der Waals surface area contributed by atoms with Crippen molar-refractivity contribution >= 4 is 17.8 Å². The highest BCUT2D eigenvalue weighted by molar-refractivity contribution is 5.98. The topological polar surface area (TPSA) is 126 Å². The zero-order valence-corrected chi connectivity index (χ0v) is 11.9. The Morgan fingerprint density at radius 1 is 1.38 bits per heavy atom. The molecule has 0 saturated heterocycles. The average Bonchev–Trinajstić information content (AvgIpc) is 2.36. The van der Waals surface area contributed by atoms with E-state index in [1.54, 1.807) is 19.9 Å². The maximum Gasteiger partial charge on any atom is 0.326 e. The molecule has 0 radical (unpaired) electrons. The van der Waals surface area contributed by atoms with Crippen molar-refractivity contribution in [2.75, 3.05) is 7.11 Å². The number of ether oxygens (including phenoxy) is 1. The molecule has 21 heavy (non-hydrogen) atoms. The Balaban J connectivity index is 3.01. The lowest BCUT2D eigenvalue weighted by Gasteiger charge is -2.14. The normalized spacial score (nSPS) is 11.6. The van der Waals surface area contributed by atoms with Gasteiger partial charge in [-0.25, -0.2) is 4.79 Å². The molecule has 114 valence electrons. The molecule has 8 heteroatoms. The third-order valence-corrected chi connectivity index (χ3v) is 2.79. The van der Waals surface area contributed by atoms with E-state index in [9.17, 15) is 19.2 Å². The number of carboxylic acid groups (broad SMARTS) is 1. The monoisotopic (exact) mass is 296 g/mol. The average molecular weight is 296 g/mol. The van der Waals surface area contributed by atoms with Crippen LogP contribution >= 0.6 is 0 Å². The Kier molecular flexibility index (Phi) is 5.23. The van der Waals surface area contributed by atoms with E-state index in [-0.39, 0.29) is 5.56 Å². The highest BCUT2D eigenvalue weighted by Crippen LogP contribution is 2.05. The van der Waals surface area contributed by atoms with Gasteiger partial charge < -0.3 is 20.1 Å². The van der Waals surface area contributed by atoms with Crippen molar-refractivity contribution in [2.45, 2.75) is 26.3 Å². The Hall–Kier alpha value is -2.64. The predicted octanol–water partition coefficient (Wildman–Crippen LogP) is -0.262. The van der Waals surface area contributed by atoms with Crippen molar-refractivity contribution in [2.24, 2.45) is 0 Å². The lowest BCUT2D eigenvalue weighted by Crippen LogP contribution is -2.44. The summed E-state index contributed by atoms with van der Waals surface area (Å²) in [4.78, 5) is 48.4. The number of pyridine rings is 1. The number of carbonyl (C=O) groups excluding carboxylic acids is 2. The number of carbonyl (C=O) groups is 3. The molecule has 0 unspecified atom stereocenters. The minimum Gasteiger partial charge on any atom is -0.480 e. The largest absolute Gasteiger partial charge is 0.480 e. The first-order valence-electron chi connectivity index (χ1n) is 6.07. The molecule has 0 spiro atoms. The van der Waals surface area contributed by atoms with Crippen LogP contribution in [0.4, 0.5) is 0 Å². The summed E-state index contributed by atoms with van der Waals surface area (Å²) in [5.41, 5.74) is 0.193. The van der Waals surface area contributed by atoms with Crippen LogP contribution in [0.1, 0.15) is 28.0 Å². The van der Waals surface area contributed by atoms with Crippen LogP contribution in [-0.4, -0.2) is 41.1 Å². The summed E-state index contributed by atoms with van der Waals surface area (Å²) >= 11 is 0. The molecule has 1 amide bonds. The fraction of sp³-hybridized carbons (Fsp3) is 0.385. The van der Waals surface area contributed by atoms with Gasteiger partial charge in [0.25, 0.3) is 11.5 Å². The van der Waals surface area contributed by atoms with Crippen LogP contribution in [0.2, 0.25) is 0 Å². The van der Waals surface area contributed by atoms with Crippen LogP contribution in [0.3, 0.4) is 0 Å². The molecule has 0 aromatic carbocycles. The van der Waals surface area contributed by atoms with Gasteiger partial charge in [0.15, 0.2) is 0 Å². The van der Waals surface area contributed by atoms with E-state index in [1.165, 1.54) is 0 Å². The van der Waals surface area contributed by atoms with Crippen LogP contribution in [-0.2, 0) is 14.3 Å². The van der Waals surface area contributed by atoms with Gasteiger partial charge in [0.2, 0.25) is 0 Å². The fourth-order valence-electron chi connectivity index (χ4n) is 1.82. The molecule has 1 heterocycles. The molecule has 0 aliphatic rings. The van der Waals surface area contributed by atoms with Gasteiger partial charge in [-0.1, -0.05) is 0 Å². The summed E-state index contributed by atoms with van der Waals surface area (Å²) in [5.74, 6) is -3.03. The number of methoxy groups -OCH3 is 1. The quantitative estimate of drug-likeness (QED) is 0.643. The highest BCUT2D eigenvalue weighted by Gasteiger charge is 2.26. The zero-order chi connectivity index (χ0) is 16.2. The number of hydrogen-bond acceptors (Lipinski definition) is 5. The third kappa shape index (κ3) is 4.16. The van der Waals surface area contributed by atoms with Gasteiger partial charge in [-0.3, -0.25) is 14.4 Å². The first-order chi connectivity index (χ1) is 9.76. The molecule has 8 nitrogen and oxygen atoms in total. The molecule has 1 rings (SSSR count). The second kappa shape index (κ2) is 6.69. The number of hydrogen-bond donors (Lipinski definition) is 3. The number of nitrogens with one attached hydrogen (secondary N) is 2. The Morgan fingerprint density at radius 3 is 2.48 bits per heavy atom. The maximum atomic E-state index is 12.0. The Morgan fingerprint density at radius 2 is 2.00 bits per heavy atom. The molecule has 1 atom stereocenters. The predicted molar refractivity (Wildman–Crippen MR) is 72.1 cm³/mol. The summed E-state index contributed by atoms with van der Waals surface area (Å²) in [5, 5.41) is 11.1. The number of aromatic amines is 1. The molecule has 0 saturated carbocycles. The van der Waals surface area contributed by atoms with Gasteiger partial charge in [0.1, 0.15) is 11.6 Å². The number of aliphatic carboxylic acids is 1. The molecule has 0 aliphatic carbocycles. The van der Waals surface area contributed by atoms with Crippen molar-refractivity contribution in [3.8, 4) is 0 Å². The minimum absolute atomic E-state index is 0.184. The van der Waals surface area contributed by atoms with E-state index < -0.39 is 35.9 Å². The van der Waals surface area contributed by atoms with Crippen LogP contribution in [0, 0.1) is 13.8 Å². The Bertz CT molecular complexity index is 634. The Labute approximate surface area is 120 Å². The lowest BCUT2D eigenvalue weighted by molar-refractivity contribution is -0.147. The van der Waals surface area contributed by atoms with Crippen molar-refractivity contribution in [3.05, 3.63) is 33.2 Å². The van der Waals surface area contributed by atoms with E-state index in [4.69, 9.17) is 5.11 Å². The molecule has 3 N–H and O–H groups in total. The molecular formula is C13H16N2O6. The molecule has 0 bridgehead atoms. The van der Waals surface area contributed by atoms with Gasteiger partial charge in [-0.05, 0) is 25.5 Å². The number of aromatic nitrogens is 1. The van der Waals surface area contributed by atoms with E-state index in [0.717, 1.165) is 7.11 Å². The van der Waals surface area contributed by atoms with Gasteiger partial charge in [0, 0.05) is 5.69 Å². The number of aryl methyl sites for hydroxylation is 2. The van der Waals surface area contributed by atoms with Crippen LogP contribution in [0.5, 0.6) is 0 Å². The van der Waals surface area contributed by atoms with Gasteiger partial charge >= 0.3 is 11.9 Å². The summed E-state index contributed by atoms with van der Waals surface area (Å²) in [6, 6.07) is 0.122. The van der Waals surface area contributed by atoms with Crippen molar-refractivity contribution in [3.63, 3.8) is 0 Å². The number of rotatable bonds is 5. The summed E-state index contributed by atoms with van der Waals surface area (Å²) < 4.78 is 4.36. The van der Waals surface area contributed by atoms with E-state index in [0.29, 0.717) is 11.3 Å². The summed E-state index contributed by atoms with van der Waals surface area (Å²) in [6.07, 6.45) is -0.527. The van der Waals surface area contributed by atoms with Gasteiger partial charge in [-0.15, -0.1) is 0 Å².